The maximum Gasteiger partial charge on any atom is 0.241 e. The van der Waals surface area contributed by atoms with Crippen molar-refractivity contribution in [1.29, 1.82) is 0 Å². The highest BCUT2D eigenvalue weighted by Gasteiger charge is 2.16. The maximum absolute atomic E-state index is 9.60. The number of nitrogens with one attached hydrogen (secondary N) is 1. The number of benzene rings is 1. The molecule has 8 nitrogen and oxygen atoms in total. The van der Waals surface area contributed by atoms with Gasteiger partial charge in [-0.15, -0.1) is 5.10 Å². The van der Waals surface area contributed by atoms with Crippen LogP contribution in [0.15, 0.2) is 24.3 Å². The third-order valence-electron chi connectivity index (χ3n) is 4.51. The number of hydrogen-bond donors (Lipinski definition) is 3. The largest absolute Gasteiger partial charge is 0.494 e. The molecular weight excluding hydrogens is 332 g/mol. The van der Waals surface area contributed by atoms with Crippen molar-refractivity contribution in [2.45, 2.75) is 31.9 Å². The molecule has 1 saturated heterocycles. The van der Waals surface area contributed by atoms with Crippen LogP contribution < -0.4 is 15.8 Å². The molecule has 1 aromatic carbocycles. The number of likely N-dealkylation sites (tertiary alicyclic amines) is 1. The van der Waals surface area contributed by atoms with Gasteiger partial charge in [0.1, 0.15) is 5.75 Å². The fraction of sp³-hybridized carbons (Fsp3) is 0.556. The van der Waals surface area contributed by atoms with Gasteiger partial charge in [-0.25, -0.2) is 4.68 Å². The summed E-state index contributed by atoms with van der Waals surface area (Å²) < 4.78 is 7.48. The number of aromatic nitrogens is 3. The lowest BCUT2D eigenvalue weighted by Gasteiger charge is -2.29. The molecule has 142 valence electrons. The Bertz CT molecular complexity index is 697. The summed E-state index contributed by atoms with van der Waals surface area (Å²) in [5, 5.41) is 16.8. The SMILES string of the molecule is Cn1nc(N)nc1NCCCOc1cccc(CN2CCC(O)CC2)c1. The minimum absolute atomic E-state index is 0.132. The third kappa shape index (κ3) is 5.34. The number of nitrogens with zero attached hydrogens (tertiary/aromatic N) is 4. The van der Waals surface area contributed by atoms with Crippen molar-refractivity contribution >= 4 is 11.9 Å². The monoisotopic (exact) mass is 360 g/mol. The average Bonchev–Trinajstić information content (AvgIpc) is 2.94. The van der Waals surface area contributed by atoms with Crippen molar-refractivity contribution in [3.8, 4) is 5.75 Å². The molecule has 8 heteroatoms. The van der Waals surface area contributed by atoms with Gasteiger partial charge in [-0.1, -0.05) is 12.1 Å². The van der Waals surface area contributed by atoms with Crippen molar-refractivity contribution < 1.29 is 9.84 Å². The summed E-state index contributed by atoms with van der Waals surface area (Å²) >= 11 is 0. The van der Waals surface area contributed by atoms with Gasteiger partial charge in [0.15, 0.2) is 0 Å². The Morgan fingerprint density at radius 2 is 2.15 bits per heavy atom. The molecule has 1 aliphatic heterocycles. The van der Waals surface area contributed by atoms with E-state index in [0.717, 1.165) is 51.2 Å². The van der Waals surface area contributed by atoms with Gasteiger partial charge in [-0.05, 0) is 37.0 Å². The lowest BCUT2D eigenvalue weighted by molar-refractivity contribution is 0.0792. The zero-order valence-electron chi connectivity index (χ0n) is 15.3. The molecule has 0 spiro atoms. The predicted molar refractivity (Wildman–Crippen MR) is 101 cm³/mol. The van der Waals surface area contributed by atoms with Crippen molar-refractivity contribution in [2.24, 2.45) is 7.05 Å². The Morgan fingerprint density at radius 1 is 1.35 bits per heavy atom. The second-order valence-electron chi connectivity index (χ2n) is 6.70. The number of rotatable bonds is 8. The molecule has 1 fully saturated rings. The van der Waals surface area contributed by atoms with Gasteiger partial charge >= 0.3 is 0 Å². The van der Waals surface area contributed by atoms with Crippen LogP contribution in [-0.2, 0) is 13.6 Å². The first-order valence-corrected chi connectivity index (χ1v) is 9.12. The Morgan fingerprint density at radius 3 is 2.88 bits per heavy atom. The summed E-state index contributed by atoms with van der Waals surface area (Å²) in [5.74, 6) is 1.82. The lowest BCUT2D eigenvalue weighted by Crippen LogP contribution is -2.35. The number of nitrogen functional groups attached to an aromatic ring is 1. The van der Waals surface area contributed by atoms with E-state index < -0.39 is 0 Å². The molecule has 26 heavy (non-hydrogen) atoms. The number of aliphatic hydroxyl groups excluding tert-OH is 1. The molecule has 1 aliphatic rings. The van der Waals surface area contributed by atoms with Gasteiger partial charge < -0.3 is 20.9 Å². The standard InChI is InChI=1S/C18H28N6O2/c1-23-18(21-17(19)22-23)20-8-3-11-26-16-5-2-4-14(12-16)13-24-9-6-15(25)7-10-24/h2,4-5,12,15,25H,3,6-11,13H2,1H3,(H3,19,20,21,22). The van der Waals surface area contributed by atoms with Crippen LogP contribution in [0.3, 0.4) is 0 Å². The fourth-order valence-electron chi connectivity index (χ4n) is 3.09. The summed E-state index contributed by atoms with van der Waals surface area (Å²) in [6, 6.07) is 8.24. The zero-order chi connectivity index (χ0) is 18.4. The third-order valence-corrected chi connectivity index (χ3v) is 4.51. The van der Waals surface area contributed by atoms with Crippen molar-refractivity contribution in [3.05, 3.63) is 29.8 Å². The van der Waals surface area contributed by atoms with Crippen LogP contribution >= 0.6 is 0 Å². The van der Waals surface area contributed by atoms with Crippen LogP contribution in [0.5, 0.6) is 5.75 Å². The maximum atomic E-state index is 9.60. The van der Waals surface area contributed by atoms with E-state index in [1.165, 1.54) is 5.56 Å². The quantitative estimate of drug-likeness (QED) is 0.609. The minimum Gasteiger partial charge on any atom is -0.494 e. The summed E-state index contributed by atoms with van der Waals surface area (Å²) in [5.41, 5.74) is 6.79. The van der Waals surface area contributed by atoms with Crippen molar-refractivity contribution in [1.82, 2.24) is 19.7 Å². The molecule has 0 radical (unpaired) electrons. The highest BCUT2D eigenvalue weighted by molar-refractivity contribution is 5.31. The lowest BCUT2D eigenvalue weighted by atomic mass is 10.1. The number of ether oxygens (including phenoxy) is 1. The smallest absolute Gasteiger partial charge is 0.241 e. The second kappa shape index (κ2) is 8.86. The molecule has 0 aliphatic carbocycles. The van der Waals surface area contributed by atoms with Gasteiger partial charge in [0.05, 0.1) is 12.7 Å². The van der Waals surface area contributed by atoms with Gasteiger partial charge in [-0.3, -0.25) is 4.90 Å². The van der Waals surface area contributed by atoms with Crippen molar-refractivity contribution in [2.75, 3.05) is 37.3 Å². The first kappa shape index (κ1) is 18.5. The molecule has 3 rings (SSSR count). The van der Waals surface area contributed by atoms with Crippen LogP contribution in [0.4, 0.5) is 11.9 Å². The van der Waals surface area contributed by atoms with E-state index >= 15 is 0 Å². The molecule has 2 aromatic rings. The summed E-state index contributed by atoms with van der Waals surface area (Å²) in [7, 11) is 1.80. The first-order chi connectivity index (χ1) is 12.6. The number of piperidine rings is 1. The Kier molecular flexibility index (Phi) is 6.30. The van der Waals surface area contributed by atoms with Crippen LogP contribution in [0.2, 0.25) is 0 Å². The summed E-state index contributed by atoms with van der Waals surface area (Å²) in [4.78, 5) is 6.47. The Balaban J connectivity index is 1.39. The molecule has 0 unspecified atom stereocenters. The summed E-state index contributed by atoms with van der Waals surface area (Å²) in [6.07, 6.45) is 2.44. The van der Waals surface area contributed by atoms with E-state index in [4.69, 9.17) is 10.5 Å². The Hall–Kier alpha value is -2.32. The zero-order valence-corrected chi connectivity index (χ0v) is 15.3. The summed E-state index contributed by atoms with van der Waals surface area (Å²) in [6.45, 7) is 4.16. The topological polar surface area (TPSA) is 101 Å². The second-order valence-corrected chi connectivity index (χ2v) is 6.70. The number of nitrogens with two attached hydrogens (primary N) is 1. The van der Waals surface area contributed by atoms with Crippen LogP contribution in [-0.4, -0.2) is 57.1 Å². The van der Waals surface area contributed by atoms with Crippen LogP contribution in [0.1, 0.15) is 24.8 Å². The molecule has 0 bridgehead atoms. The molecule has 2 heterocycles. The van der Waals surface area contributed by atoms with E-state index in [1.807, 2.05) is 12.1 Å². The Labute approximate surface area is 154 Å². The van der Waals surface area contributed by atoms with E-state index in [9.17, 15) is 5.11 Å². The molecule has 0 amide bonds. The van der Waals surface area contributed by atoms with Crippen LogP contribution in [0, 0.1) is 0 Å². The molecule has 0 saturated carbocycles. The molecule has 4 N–H and O–H groups in total. The highest BCUT2D eigenvalue weighted by Crippen LogP contribution is 2.18. The van der Waals surface area contributed by atoms with E-state index in [0.29, 0.717) is 12.6 Å². The van der Waals surface area contributed by atoms with Crippen LogP contribution in [0.25, 0.3) is 0 Å². The molecule has 0 atom stereocenters. The minimum atomic E-state index is -0.132. The van der Waals surface area contributed by atoms with E-state index in [-0.39, 0.29) is 12.1 Å². The molecular formula is C18H28N6O2. The van der Waals surface area contributed by atoms with E-state index in [1.54, 1.807) is 11.7 Å². The van der Waals surface area contributed by atoms with Gasteiger partial charge in [0, 0.05) is 33.2 Å². The number of anilines is 2. The van der Waals surface area contributed by atoms with Gasteiger partial charge in [0.25, 0.3) is 0 Å². The normalized spacial score (nSPS) is 15.9. The predicted octanol–water partition coefficient (Wildman–Crippen LogP) is 1.23. The average molecular weight is 360 g/mol. The van der Waals surface area contributed by atoms with Gasteiger partial charge in [0.2, 0.25) is 11.9 Å². The number of aliphatic hydroxyl groups is 1. The number of aryl methyl sites for hydroxylation is 1. The molecule has 1 aromatic heterocycles. The highest BCUT2D eigenvalue weighted by atomic mass is 16.5. The number of hydrogen-bond acceptors (Lipinski definition) is 7. The first-order valence-electron chi connectivity index (χ1n) is 9.12. The van der Waals surface area contributed by atoms with E-state index in [2.05, 4.69) is 32.4 Å². The van der Waals surface area contributed by atoms with Gasteiger partial charge in [-0.2, -0.15) is 4.98 Å². The fourth-order valence-corrected chi connectivity index (χ4v) is 3.09. The van der Waals surface area contributed by atoms with Crippen molar-refractivity contribution in [3.63, 3.8) is 0 Å².